The lowest BCUT2D eigenvalue weighted by atomic mass is 10.1. The number of hydrogen-bond acceptors (Lipinski definition) is 3. The molecular formula is C8H9NO3. The second-order valence-corrected chi connectivity index (χ2v) is 3.12. The molecule has 2 atom stereocenters. The van der Waals surface area contributed by atoms with E-state index < -0.39 is 5.97 Å². The van der Waals surface area contributed by atoms with Gasteiger partial charge in [0.05, 0.1) is 12.1 Å². The minimum absolute atomic E-state index is 0.133. The van der Waals surface area contributed by atoms with E-state index in [-0.39, 0.29) is 11.8 Å². The van der Waals surface area contributed by atoms with E-state index in [0.29, 0.717) is 0 Å². The lowest BCUT2D eigenvalue weighted by molar-refractivity contribution is -0.138. The highest BCUT2D eigenvalue weighted by atomic mass is 16.5. The van der Waals surface area contributed by atoms with E-state index in [1.807, 2.05) is 0 Å². The minimum atomic E-state index is -0.722. The van der Waals surface area contributed by atoms with Crippen LogP contribution in [0.4, 0.5) is 0 Å². The zero-order valence-electron chi connectivity index (χ0n) is 6.65. The Morgan fingerprint density at radius 2 is 2.58 bits per heavy atom. The summed E-state index contributed by atoms with van der Waals surface area (Å²) >= 11 is 0. The van der Waals surface area contributed by atoms with Crippen LogP contribution in [0.3, 0.4) is 0 Å². The highest BCUT2D eigenvalue weighted by molar-refractivity contribution is 5.75. The SMILES string of the molecule is Cc1oncc1[C@@H]1C[C@H]1C(=O)O. The van der Waals surface area contributed by atoms with Gasteiger partial charge in [-0.3, -0.25) is 4.79 Å². The van der Waals surface area contributed by atoms with Crippen LogP contribution in [0.25, 0.3) is 0 Å². The van der Waals surface area contributed by atoms with Crippen molar-refractivity contribution in [1.82, 2.24) is 5.16 Å². The fourth-order valence-electron chi connectivity index (χ4n) is 1.47. The molecule has 1 aromatic heterocycles. The van der Waals surface area contributed by atoms with Crippen molar-refractivity contribution in [1.29, 1.82) is 0 Å². The molecular weight excluding hydrogens is 158 g/mol. The zero-order chi connectivity index (χ0) is 8.72. The summed E-state index contributed by atoms with van der Waals surface area (Å²) in [6.45, 7) is 1.81. The lowest BCUT2D eigenvalue weighted by Gasteiger charge is -1.91. The molecule has 0 amide bonds. The monoisotopic (exact) mass is 167 g/mol. The summed E-state index contributed by atoms with van der Waals surface area (Å²) in [5.41, 5.74) is 0.947. The Morgan fingerprint density at radius 3 is 3.00 bits per heavy atom. The van der Waals surface area contributed by atoms with Gasteiger partial charge in [0.2, 0.25) is 0 Å². The fourth-order valence-corrected chi connectivity index (χ4v) is 1.47. The lowest BCUT2D eigenvalue weighted by Crippen LogP contribution is -1.98. The summed E-state index contributed by atoms with van der Waals surface area (Å²) < 4.78 is 4.85. The predicted octanol–water partition coefficient (Wildman–Crippen LogP) is 1.17. The first-order valence-electron chi connectivity index (χ1n) is 3.84. The Hall–Kier alpha value is -1.32. The molecule has 1 aliphatic carbocycles. The molecule has 0 bridgehead atoms. The van der Waals surface area contributed by atoms with Gasteiger partial charge in [-0.2, -0.15) is 0 Å². The molecule has 0 aliphatic heterocycles. The van der Waals surface area contributed by atoms with Crippen molar-refractivity contribution in [3.63, 3.8) is 0 Å². The van der Waals surface area contributed by atoms with Crippen LogP contribution in [0, 0.1) is 12.8 Å². The van der Waals surface area contributed by atoms with Crippen LogP contribution in [0.15, 0.2) is 10.7 Å². The first-order valence-corrected chi connectivity index (χ1v) is 3.84. The summed E-state index contributed by atoms with van der Waals surface area (Å²) in [6.07, 6.45) is 2.33. The topological polar surface area (TPSA) is 63.3 Å². The van der Waals surface area contributed by atoms with Crippen LogP contribution in [0.1, 0.15) is 23.7 Å². The summed E-state index contributed by atoms with van der Waals surface area (Å²) in [6, 6.07) is 0. The van der Waals surface area contributed by atoms with E-state index in [0.717, 1.165) is 17.7 Å². The Labute approximate surface area is 69.2 Å². The summed E-state index contributed by atoms with van der Waals surface area (Å²) in [5, 5.41) is 12.3. The Kier molecular flexibility index (Phi) is 1.43. The van der Waals surface area contributed by atoms with Crippen LogP contribution in [0.5, 0.6) is 0 Å². The summed E-state index contributed by atoms with van der Waals surface area (Å²) in [7, 11) is 0. The molecule has 0 radical (unpaired) electrons. The molecule has 0 spiro atoms. The molecule has 0 unspecified atom stereocenters. The van der Waals surface area contributed by atoms with Gasteiger partial charge < -0.3 is 9.63 Å². The summed E-state index contributed by atoms with van der Waals surface area (Å²) in [4.78, 5) is 10.5. The molecule has 1 saturated carbocycles. The fraction of sp³-hybridized carbons (Fsp3) is 0.500. The third-order valence-corrected chi connectivity index (χ3v) is 2.30. The molecule has 1 heterocycles. The number of aliphatic carboxylic acids is 1. The molecule has 12 heavy (non-hydrogen) atoms. The minimum Gasteiger partial charge on any atom is -0.481 e. The molecule has 0 saturated heterocycles. The maximum atomic E-state index is 10.5. The third-order valence-electron chi connectivity index (χ3n) is 2.30. The van der Waals surface area contributed by atoms with Gasteiger partial charge in [-0.25, -0.2) is 0 Å². The number of rotatable bonds is 2. The van der Waals surface area contributed by atoms with Crippen molar-refractivity contribution in [2.45, 2.75) is 19.3 Å². The first-order chi connectivity index (χ1) is 5.70. The van der Waals surface area contributed by atoms with Crippen LogP contribution in [-0.2, 0) is 4.79 Å². The quantitative estimate of drug-likeness (QED) is 0.718. The van der Waals surface area contributed by atoms with Crippen molar-refractivity contribution in [2.24, 2.45) is 5.92 Å². The van der Waals surface area contributed by atoms with Gasteiger partial charge in [0, 0.05) is 11.5 Å². The van der Waals surface area contributed by atoms with Gasteiger partial charge in [0.25, 0.3) is 0 Å². The van der Waals surface area contributed by atoms with Crippen molar-refractivity contribution in [2.75, 3.05) is 0 Å². The number of nitrogens with zero attached hydrogens (tertiary/aromatic N) is 1. The van der Waals surface area contributed by atoms with E-state index in [2.05, 4.69) is 5.16 Å². The van der Waals surface area contributed by atoms with Gasteiger partial charge in [0.15, 0.2) is 0 Å². The molecule has 1 N–H and O–H groups in total. The Morgan fingerprint density at radius 1 is 1.83 bits per heavy atom. The average Bonchev–Trinajstić information content (AvgIpc) is 2.70. The van der Waals surface area contributed by atoms with Gasteiger partial charge in [0.1, 0.15) is 5.76 Å². The van der Waals surface area contributed by atoms with Gasteiger partial charge in [-0.15, -0.1) is 0 Å². The van der Waals surface area contributed by atoms with Gasteiger partial charge >= 0.3 is 5.97 Å². The number of carbonyl (C=O) groups is 1. The van der Waals surface area contributed by atoms with Gasteiger partial charge in [-0.05, 0) is 13.3 Å². The second-order valence-electron chi connectivity index (χ2n) is 3.12. The molecule has 64 valence electrons. The number of aryl methyl sites for hydroxylation is 1. The highest BCUT2D eigenvalue weighted by Crippen LogP contribution is 2.48. The summed E-state index contributed by atoms with van der Waals surface area (Å²) in [5.74, 6) is -0.0683. The normalized spacial score (nSPS) is 27.1. The van der Waals surface area contributed by atoms with Crippen LogP contribution >= 0.6 is 0 Å². The number of carboxylic acid groups (broad SMARTS) is 1. The van der Waals surface area contributed by atoms with Crippen molar-refractivity contribution in [3.05, 3.63) is 17.5 Å². The first kappa shape index (κ1) is 7.34. The third kappa shape index (κ3) is 0.995. The molecule has 2 rings (SSSR count). The largest absolute Gasteiger partial charge is 0.481 e. The smallest absolute Gasteiger partial charge is 0.307 e. The number of carboxylic acids is 1. The van der Waals surface area contributed by atoms with Crippen LogP contribution in [0.2, 0.25) is 0 Å². The highest BCUT2D eigenvalue weighted by Gasteiger charge is 2.45. The molecule has 1 aromatic rings. The van der Waals surface area contributed by atoms with E-state index in [9.17, 15) is 4.79 Å². The van der Waals surface area contributed by atoms with E-state index >= 15 is 0 Å². The van der Waals surface area contributed by atoms with Crippen LogP contribution in [-0.4, -0.2) is 16.2 Å². The molecule has 4 nitrogen and oxygen atoms in total. The van der Waals surface area contributed by atoms with Crippen molar-refractivity contribution in [3.8, 4) is 0 Å². The maximum absolute atomic E-state index is 10.5. The number of aromatic nitrogens is 1. The van der Waals surface area contributed by atoms with Crippen molar-refractivity contribution >= 4 is 5.97 Å². The predicted molar refractivity (Wildman–Crippen MR) is 39.7 cm³/mol. The second kappa shape index (κ2) is 2.33. The molecule has 0 aromatic carbocycles. The average molecular weight is 167 g/mol. The Balaban J connectivity index is 2.15. The van der Waals surface area contributed by atoms with E-state index in [4.69, 9.17) is 9.63 Å². The Bertz CT molecular complexity index is 318. The maximum Gasteiger partial charge on any atom is 0.307 e. The van der Waals surface area contributed by atoms with Crippen LogP contribution < -0.4 is 0 Å². The standard InChI is InChI=1S/C8H9NO3/c1-4-7(3-9-12-4)5-2-6(5)8(10)11/h3,5-6H,2H2,1H3,(H,10,11)/t5-,6-/m1/s1. The van der Waals surface area contributed by atoms with E-state index in [1.54, 1.807) is 13.1 Å². The zero-order valence-corrected chi connectivity index (χ0v) is 6.65. The number of hydrogen-bond donors (Lipinski definition) is 1. The van der Waals surface area contributed by atoms with Gasteiger partial charge in [-0.1, -0.05) is 5.16 Å². The molecule has 1 aliphatic rings. The van der Waals surface area contributed by atoms with Crippen molar-refractivity contribution < 1.29 is 14.4 Å². The molecule has 1 fully saturated rings. The molecule has 4 heteroatoms. The van der Waals surface area contributed by atoms with E-state index in [1.165, 1.54) is 0 Å².